The quantitative estimate of drug-likeness (QED) is 0.398. The largest absolute Gasteiger partial charge is 0.485 e. The Morgan fingerprint density at radius 1 is 1.11 bits per heavy atom. The second-order valence-corrected chi connectivity index (χ2v) is 14.5. The van der Waals surface area contributed by atoms with Gasteiger partial charge in [-0.15, -0.1) is 0 Å². The third-order valence-corrected chi connectivity index (χ3v) is 10.3. The van der Waals surface area contributed by atoms with Crippen molar-refractivity contribution in [3.05, 3.63) is 47.2 Å². The van der Waals surface area contributed by atoms with E-state index in [0.29, 0.717) is 13.8 Å². The molecule has 19 heteroatoms. The van der Waals surface area contributed by atoms with Crippen molar-refractivity contribution in [2.45, 2.75) is 49.7 Å². The Kier molecular flexibility index (Phi) is 9.64. The minimum atomic E-state index is -4.87. The summed E-state index contributed by atoms with van der Waals surface area (Å²) in [6.45, 7) is 2.62. The molecule has 2 aromatic rings. The number of carbonyl (C=O) groups excluding carboxylic acids is 1. The zero-order chi connectivity index (χ0) is 32.7. The molecule has 12 nitrogen and oxygen atoms in total. The van der Waals surface area contributed by atoms with Crippen LogP contribution in [0.4, 0.5) is 33.7 Å². The molecule has 4 rings (SSSR count). The van der Waals surface area contributed by atoms with E-state index in [4.69, 9.17) is 21.1 Å². The van der Waals surface area contributed by atoms with Crippen LogP contribution in [0.2, 0.25) is 5.02 Å². The Morgan fingerprint density at radius 3 is 2.45 bits per heavy atom. The molecule has 2 heterocycles. The van der Waals surface area contributed by atoms with Crippen LogP contribution in [-0.2, 0) is 29.7 Å². The summed E-state index contributed by atoms with van der Waals surface area (Å²) < 4.78 is 127. The first kappa shape index (κ1) is 34.0. The number of morpholine rings is 1. The molecule has 0 radical (unpaired) electrons. The van der Waals surface area contributed by atoms with Gasteiger partial charge in [-0.1, -0.05) is 11.6 Å². The number of benzene rings is 2. The van der Waals surface area contributed by atoms with Gasteiger partial charge in [0, 0.05) is 18.8 Å². The van der Waals surface area contributed by atoms with Crippen LogP contribution >= 0.6 is 11.6 Å². The van der Waals surface area contributed by atoms with Crippen molar-refractivity contribution in [3.63, 3.8) is 0 Å². The highest BCUT2D eigenvalue weighted by atomic mass is 35.5. The summed E-state index contributed by atoms with van der Waals surface area (Å²) in [6.07, 6.45) is -7.74. The number of halogens is 5. The summed E-state index contributed by atoms with van der Waals surface area (Å²) in [6, 6.07) is 6.29. The average Bonchev–Trinajstić information content (AvgIpc) is 2.92. The lowest BCUT2D eigenvalue weighted by atomic mass is 10.1. The molecule has 44 heavy (non-hydrogen) atoms. The number of sulfonamides is 1. The second kappa shape index (κ2) is 12.5. The van der Waals surface area contributed by atoms with Crippen molar-refractivity contribution in [2.24, 2.45) is 0 Å². The van der Waals surface area contributed by atoms with E-state index >= 15 is 0 Å². The SMILES string of the molecule is CC1CN(S(=O)(=O)NC[C@H]2CN(S(=O)(=O)c3ccc(F)c(Cl)c3)c3cc(NC(=O)OC(C)(C)C(F)(F)F)ccc3O2)CCO1. The number of alkyl halides is 3. The lowest BCUT2D eigenvalue weighted by Crippen LogP contribution is -2.53. The first-order valence-electron chi connectivity index (χ1n) is 13.0. The molecule has 0 bridgehead atoms. The Bertz CT molecular complexity index is 1630. The average molecular weight is 689 g/mol. The molecule has 0 aromatic heterocycles. The molecular formula is C25H29ClF4N4O8S2. The molecule has 2 N–H and O–H groups in total. The van der Waals surface area contributed by atoms with E-state index in [1.807, 2.05) is 0 Å². The van der Waals surface area contributed by atoms with Gasteiger partial charge in [0.25, 0.3) is 20.2 Å². The summed E-state index contributed by atoms with van der Waals surface area (Å²) in [7, 11) is -8.52. The summed E-state index contributed by atoms with van der Waals surface area (Å²) in [5.41, 5.74) is -3.13. The van der Waals surface area contributed by atoms with Crippen LogP contribution in [-0.4, -0.2) is 84.0 Å². The van der Waals surface area contributed by atoms with E-state index in [2.05, 4.69) is 14.8 Å². The van der Waals surface area contributed by atoms with Gasteiger partial charge in [-0.3, -0.25) is 9.62 Å². The predicted molar refractivity (Wildman–Crippen MR) is 151 cm³/mol. The molecule has 0 saturated carbocycles. The van der Waals surface area contributed by atoms with Crippen LogP contribution in [0.15, 0.2) is 41.3 Å². The Labute approximate surface area is 256 Å². The van der Waals surface area contributed by atoms with Crippen LogP contribution in [0.5, 0.6) is 5.75 Å². The van der Waals surface area contributed by atoms with Crippen LogP contribution in [0.25, 0.3) is 0 Å². The van der Waals surface area contributed by atoms with E-state index in [-0.39, 0.29) is 49.5 Å². The van der Waals surface area contributed by atoms with E-state index in [9.17, 15) is 39.2 Å². The third kappa shape index (κ3) is 7.48. The van der Waals surface area contributed by atoms with Crippen molar-refractivity contribution < 1.29 is 53.4 Å². The van der Waals surface area contributed by atoms with Gasteiger partial charge in [-0.25, -0.2) is 17.6 Å². The van der Waals surface area contributed by atoms with Crippen molar-refractivity contribution in [1.82, 2.24) is 9.03 Å². The van der Waals surface area contributed by atoms with Gasteiger partial charge in [-0.2, -0.15) is 30.6 Å². The minimum absolute atomic E-state index is 0.0632. The number of fused-ring (bicyclic) bond motifs is 1. The fourth-order valence-electron chi connectivity index (χ4n) is 4.22. The zero-order valence-electron chi connectivity index (χ0n) is 23.5. The standard InChI is InChI=1S/C25H29ClF4N4O8S2/c1-15-13-33(8-9-40-15)44(38,39)31-12-17-14-34(43(36,37)18-5-6-20(27)19(26)11-18)21-10-16(4-7-22(21)41-17)32-23(35)42-24(2,3)25(28,29)30/h4-7,10-11,15,17,31H,8-9,12-14H2,1-3H3,(H,32,35)/t15?,17-/m0/s1. The molecule has 2 aromatic carbocycles. The van der Waals surface area contributed by atoms with Crippen LogP contribution < -0.4 is 19.1 Å². The highest BCUT2D eigenvalue weighted by Gasteiger charge is 2.51. The van der Waals surface area contributed by atoms with Gasteiger partial charge < -0.3 is 14.2 Å². The smallest absolute Gasteiger partial charge is 0.427 e. The molecule has 2 atom stereocenters. The van der Waals surface area contributed by atoms with Gasteiger partial charge >= 0.3 is 12.3 Å². The molecule has 1 fully saturated rings. The Morgan fingerprint density at radius 2 is 1.82 bits per heavy atom. The monoisotopic (exact) mass is 688 g/mol. The Balaban J connectivity index is 1.63. The fraction of sp³-hybridized carbons (Fsp3) is 0.480. The summed E-state index contributed by atoms with van der Waals surface area (Å²) in [4.78, 5) is 11.9. The van der Waals surface area contributed by atoms with E-state index in [0.717, 1.165) is 28.6 Å². The molecule has 0 spiro atoms. The summed E-state index contributed by atoms with van der Waals surface area (Å²) in [5.74, 6) is -0.934. The molecule has 1 saturated heterocycles. The highest BCUT2D eigenvalue weighted by molar-refractivity contribution is 7.92. The number of rotatable bonds is 8. The molecule has 1 amide bonds. The molecule has 244 valence electrons. The maximum Gasteiger partial charge on any atom is 0.427 e. The molecule has 1 unspecified atom stereocenters. The first-order chi connectivity index (χ1) is 20.3. The number of nitrogens with zero attached hydrogens (tertiary/aromatic N) is 2. The normalized spacial score (nSPS) is 20.0. The third-order valence-electron chi connectivity index (χ3n) is 6.68. The minimum Gasteiger partial charge on any atom is -0.485 e. The lowest BCUT2D eigenvalue weighted by Gasteiger charge is -2.36. The number of carbonyl (C=O) groups is 1. The zero-order valence-corrected chi connectivity index (χ0v) is 25.9. The number of anilines is 2. The fourth-order valence-corrected chi connectivity index (χ4v) is 7.29. The lowest BCUT2D eigenvalue weighted by molar-refractivity contribution is -0.242. The van der Waals surface area contributed by atoms with Gasteiger partial charge in [0.2, 0.25) is 5.60 Å². The van der Waals surface area contributed by atoms with Gasteiger partial charge in [-0.05, 0) is 57.2 Å². The molecular weight excluding hydrogens is 660 g/mol. The highest BCUT2D eigenvalue weighted by Crippen LogP contribution is 2.40. The number of hydrogen-bond donors (Lipinski definition) is 2. The number of nitrogens with one attached hydrogen (secondary N) is 2. The summed E-state index contributed by atoms with van der Waals surface area (Å²) in [5, 5.41) is 1.65. The Hall–Kier alpha value is -2.90. The van der Waals surface area contributed by atoms with Crippen LogP contribution in [0.1, 0.15) is 20.8 Å². The molecule has 0 aliphatic carbocycles. The van der Waals surface area contributed by atoms with Crippen LogP contribution in [0, 0.1) is 5.82 Å². The topological polar surface area (TPSA) is 144 Å². The van der Waals surface area contributed by atoms with Gasteiger partial charge in [0.15, 0.2) is 0 Å². The maximum atomic E-state index is 13.8. The maximum absolute atomic E-state index is 13.8. The summed E-state index contributed by atoms with van der Waals surface area (Å²) >= 11 is 5.82. The molecule has 2 aliphatic heterocycles. The van der Waals surface area contributed by atoms with Crippen molar-refractivity contribution in [2.75, 3.05) is 42.4 Å². The number of hydrogen-bond acceptors (Lipinski definition) is 8. The first-order valence-corrected chi connectivity index (χ1v) is 16.3. The number of ether oxygens (including phenoxy) is 3. The molecule has 2 aliphatic rings. The second-order valence-electron chi connectivity index (χ2n) is 10.4. The van der Waals surface area contributed by atoms with E-state index < -0.39 is 66.5 Å². The van der Waals surface area contributed by atoms with Gasteiger partial charge in [0.05, 0.1) is 41.4 Å². The van der Waals surface area contributed by atoms with Crippen molar-refractivity contribution in [1.29, 1.82) is 0 Å². The van der Waals surface area contributed by atoms with E-state index in [1.54, 1.807) is 6.92 Å². The van der Waals surface area contributed by atoms with Crippen molar-refractivity contribution in [3.8, 4) is 5.75 Å². The van der Waals surface area contributed by atoms with E-state index in [1.165, 1.54) is 16.4 Å². The van der Waals surface area contributed by atoms with Crippen molar-refractivity contribution >= 4 is 49.3 Å². The number of amides is 1. The van der Waals surface area contributed by atoms with Gasteiger partial charge in [0.1, 0.15) is 17.7 Å². The van der Waals surface area contributed by atoms with Crippen LogP contribution in [0.3, 0.4) is 0 Å². The predicted octanol–water partition coefficient (Wildman–Crippen LogP) is 3.88.